The first-order valence-corrected chi connectivity index (χ1v) is 5.38. The Hall–Kier alpha value is -2.36. The highest BCUT2D eigenvalue weighted by molar-refractivity contribution is 5.55. The smallest absolute Gasteiger partial charge is 0.334 e. The van der Waals surface area contributed by atoms with E-state index in [0.29, 0.717) is 11.1 Å². The van der Waals surface area contributed by atoms with E-state index >= 15 is 0 Å². The van der Waals surface area contributed by atoms with E-state index in [-0.39, 0.29) is 18.1 Å². The molecule has 0 saturated heterocycles. The molecule has 19 heavy (non-hydrogen) atoms. The SMILES string of the molecule is N#Cc1cccc(-c2nc(CCC(F)(F)F)no2)c1. The maximum absolute atomic E-state index is 12.0. The lowest BCUT2D eigenvalue weighted by molar-refractivity contribution is -0.134. The number of alkyl halides is 3. The van der Waals surface area contributed by atoms with E-state index in [1.807, 2.05) is 6.07 Å². The Labute approximate surface area is 106 Å². The van der Waals surface area contributed by atoms with Crippen LogP contribution in [0, 0.1) is 11.3 Å². The van der Waals surface area contributed by atoms with Gasteiger partial charge in [0, 0.05) is 12.0 Å². The predicted octanol–water partition coefficient (Wildman–Crippen LogP) is 3.10. The number of hydrogen-bond donors (Lipinski definition) is 0. The minimum absolute atomic E-state index is 0.00492. The molecule has 0 unspecified atom stereocenters. The van der Waals surface area contributed by atoms with Crippen LogP contribution in [0.4, 0.5) is 13.2 Å². The molecule has 0 saturated carbocycles. The van der Waals surface area contributed by atoms with Crippen molar-refractivity contribution in [1.82, 2.24) is 10.1 Å². The fourth-order valence-electron chi connectivity index (χ4n) is 1.45. The lowest BCUT2D eigenvalue weighted by Gasteiger charge is -2.01. The molecule has 0 bridgehead atoms. The third kappa shape index (κ3) is 3.55. The number of aromatic nitrogens is 2. The molecule has 0 aliphatic rings. The Kier molecular flexibility index (Phi) is 3.51. The summed E-state index contributed by atoms with van der Waals surface area (Å²) in [5, 5.41) is 12.2. The second-order valence-corrected chi connectivity index (χ2v) is 3.82. The summed E-state index contributed by atoms with van der Waals surface area (Å²) in [6.07, 6.45) is -5.57. The van der Waals surface area contributed by atoms with Gasteiger partial charge in [-0.1, -0.05) is 11.2 Å². The molecule has 1 aromatic carbocycles. The topological polar surface area (TPSA) is 62.7 Å². The van der Waals surface area contributed by atoms with Crippen LogP contribution in [0.1, 0.15) is 17.8 Å². The highest BCUT2D eigenvalue weighted by Crippen LogP contribution is 2.23. The number of aryl methyl sites for hydroxylation is 1. The zero-order valence-electron chi connectivity index (χ0n) is 9.61. The molecule has 7 heteroatoms. The van der Waals surface area contributed by atoms with Crippen molar-refractivity contribution in [1.29, 1.82) is 5.26 Å². The third-order valence-corrected chi connectivity index (χ3v) is 2.34. The van der Waals surface area contributed by atoms with E-state index in [0.717, 1.165) is 0 Å². The molecule has 98 valence electrons. The van der Waals surface area contributed by atoms with E-state index in [9.17, 15) is 13.2 Å². The molecule has 0 aliphatic carbocycles. The summed E-state index contributed by atoms with van der Waals surface area (Å²) in [7, 11) is 0. The zero-order valence-corrected chi connectivity index (χ0v) is 9.61. The largest absolute Gasteiger partial charge is 0.389 e. The average Bonchev–Trinajstić information content (AvgIpc) is 2.84. The Balaban J connectivity index is 2.14. The summed E-state index contributed by atoms with van der Waals surface area (Å²) in [6, 6.07) is 8.35. The molecule has 0 amide bonds. The van der Waals surface area contributed by atoms with Crippen LogP contribution in [-0.2, 0) is 6.42 Å². The Morgan fingerprint density at radius 1 is 1.32 bits per heavy atom. The lowest BCUT2D eigenvalue weighted by Crippen LogP contribution is -2.09. The van der Waals surface area contributed by atoms with Crippen molar-refractivity contribution in [2.24, 2.45) is 0 Å². The van der Waals surface area contributed by atoms with Gasteiger partial charge in [0.1, 0.15) is 0 Å². The van der Waals surface area contributed by atoms with Crippen molar-refractivity contribution in [3.05, 3.63) is 35.7 Å². The zero-order chi connectivity index (χ0) is 13.9. The van der Waals surface area contributed by atoms with Crippen molar-refractivity contribution in [2.45, 2.75) is 19.0 Å². The molecule has 0 spiro atoms. The fourth-order valence-corrected chi connectivity index (χ4v) is 1.45. The Morgan fingerprint density at radius 2 is 2.11 bits per heavy atom. The summed E-state index contributed by atoms with van der Waals surface area (Å²) in [5.41, 5.74) is 0.914. The van der Waals surface area contributed by atoms with Crippen molar-refractivity contribution in [2.75, 3.05) is 0 Å². The molecule has 1 aromatic heterocycles. The van der Waals surface area contributed by atoms with E-state index in [1.165, 1.54) is 6.07 Å². The first-order valence-electron chi connectivity index (χ1n) is 5.38. The predicted molar refractivity (Wildman–Crippen MR) is 58.8 cm³/mol. The molecule has 0 atom stereocenters. The van der Waals surface area contributed by atoms with Crippen molar-refractivity contribution >= 4 is 0 Å². The second-order valence-electron chi connectivity index (χ2n) is 3.82. The van der Waals surface area contributed by atoms with Gasteiger partial charge < -0.3 is 4.52 Å². The molecule has 0 fully saturated rings. The maximum atomic E-state index is 12.0. The summed E-state index contributed by atoms with van der Waals surface area (Å²) in [6.45, 7) is 0. The summed E-state index contributed by atoms with van der Waals surface area (Å²) < 4.78 is 41.0. The van der Waals surface area contributed by atoms with Gasteiger partial charge in [0.2, 0.25) is 0 Å². The summed E-state index contributed by atoms with van der Waals surface area (Å²) in [4.78, 5) is 3.87. The van der Waals surface area contributed by atoms with Crippen LogP contribution in [0.15, 0.2) is 28.8 Å². The van der Waals surface area contributed by atoms with Gasteiger partial charge in [0.05, 0.1) is 18.1 Å². The van der Waals surface area contributed by atoms with Crippen LogP contribution in [0.25, 0.3) is 11.5 Å². The quantitative estimate of drug-likeness (QED) is 0.857. The van der Waals surface area contributed by atoms with Crippen molar-refractivity contribution in [3.63, 3.8) is 0 Å². The van der Waals surface area contributed by atoms with Gasteiger partial charge in [-0.2, -0.15) is 23.4 Å². The Morgan fingerprint density at radius 3 is 2.79 bits per heavy atom. The van der Waals surface area contributed by atoms with E-state index in [2.05, 4.69) is 10.1 Å². The molecular formula is C12H8F3N3O. The average molecular weight is 267 g/mol. The molecule has 1 heterocycles. The first-order chi connectivity index (χ1) is 8.98. The number of nitrogens with zero attached hydrogens (tertiary/aromatic N) is 3. The number of halogens is 3. The molecule has 4 nitrogen and oxygen atoms in total. The highest BCUT2D eigenvalue weighted by atomic mass is 19.4. The van der Waals surface area contributed by atoms with Crippen LogP contribution < -0.4 is 0 Å². The number of rotatable bonds is 3. The lowest BCUT2D eigenvalue weighted by atomic mass is 10.1. The normalized spacial score (nSPS) is 11.3. The molecule has 0 N–H and O–H groups in total. The molecular weight excluding hydrogens is 259 g/mol. The minimum Gasteiger partial charge on any atom is -0.334 e. The standard InChI is InChI=1S/C12H8F3N3O/c13-12(14,15)5-4-10-17-11(19-18-10)9-3-1-2-8(6-9)7-16/h1-3,6H,4-5H2. The number of benzene rings is 1. The number of hydrogen-bond acceptors (Lipinski definition) is 4. The van der Waals surface area contributed by atoms with Crippen molar-refractivity contribution in [3.8, 4) is 17.5 Å². The maximum Gasteiger partial charge on any atom is 0.389 e. The van der Waals surface area contributed by atoms with Crippen molar-refractivity contribution < 1.29 is 17.7 Å². The fraction of sp³-hybridized carbons (Fsp3) is 0.250. The minimum atomic E-state index is -4.25. The summed E-state index contributed by atoms with van der Waals surface area (Å²) >= 11 is 0. The van der Waals surface area contributed by atoms with Gasteiger partial charge in [-0.15, -0.1) is 0 Å². The van der Waals surface area contributed by atoms with E-state index in [4.69, 9.17) is 9.78 Å². The van der Waals surface area contributed by atoms with Gasteiger partial charge >= 0.3 is 6.18 Å². The first kappa shape index (κ1) is 13.1. The van der Waals surface area contributed by atoms with Crippen LogP contribution in [0.5, 0.6) is 0 Å². The van der Waals surface area contributed by atoms with Gasteiger partial charge in [-0.25, -0.2) is 0 Å². The Bertz CT molecular complexity index is 613. The molecule has 0 aliphatic heterocycles. The monoisotopic (exact) mass is 267 g/mol. The van der Waals surface area contributed by atoms with Crippen LogP contribution in [0.2, 0.25) is 0 Å². The van der Waals surface area contributed by atoms with E-state index in [1.54, 1.807) is 18.2 Å². The van der Waals surface area contributed by atoms with Gasteiger partial charge in [0.15, 0.2) is 5.82 Å². The number of nitriles is 1. The summed E-state index contributed by atoms with van der Waals surface area (Å²) in [5.74, 6) is 0.101. The molecule has 0 radical (unpaired) electrons. The molecule has 2 aromatic rings. The van der Waals surface area contributed by atoms with Gasteiger partial charge in [-0.05, 0) is 18.2 Å². The van der Waals surface area contributed by atoms with Gasteiger partial charge in [0.25, 0.3) is 5.89 Å². The molecule has 2 rings (SSSR count). The second kappa shape index (κ2) is 5.10. The highest BCUT2D eigenvalue weighted by Gasteiger charge is 2.27. The van der Waals surface area contributed by atoms with Gasteiger partial charge in [-0.3, -0.25) is 0 Å². The van der Waals surface area contributed by atoms with E-state index < -0.39 is 12.6 Å². The third-order valence-electron chi connectivity index (χ3n) is 2.34. The van der Waals surface area contributed by atoms with Crippen LogP contribution >= 0.6 is 0 Å². The van der Waals surface area contributed by atoms with Crippen LogP contribution in [-0.4, -0.2) is 16.3 Å². The van der Waals surface area contributed by atoms with Crippen LogP contribution in [0.3, 0.4) is 0 Å².